The van der Waals surface area contributed by atoms with Crippen molar-refractivity contribution in [2.45, 2.75) is 20.4 Å². The Balaban J connectivity index is 0.000000861. The molecular weight excluding hydrogens is 308 g/mol. The largest absolute Gasteiger partial charge is 0.508 e. The maximum absolute atomic E-state index is 9.15. The molecule has 1 aromatic heterocycles. The van der Waals surface area contributed by atoms with Crippen LogP contribution in [0, 0.1) is 0 Å². The van der Waals surface area contributed by atoms with Crippen molar-refractivity contribution in [3.63, 3.8) is 0 Å². The van der Waals surface area contributed by atoms with Gasteiger partial charge in [-0.3, -0.25) is 0 Å². The lowest BCUT2D eigenvalue weighted by atomic mass is 10.2. The van der Waals surface area contributed by atoms with Crippen LogP contribution in [0.5, 0.6) is 5.75 Å². The summed E-state index contributed by atoms with van der Waals surface area (Å²) < 4.78 is 0.625. The first-order chi connectivity index (χ1) is 9.15. The van der Waals surface area contributed by atoms with Crippen LogP contribution in [-0.4, -0.2) is 15.1 Å². The Kier molecular flexibility index (Phi) is 6.08. The van der Waals surface area contributed by atoms with Crippen molar-refractivity contribution in [2.75, 3.05) is 11.1 Å². The molecule has 5 nitrogen and oxygen atoms in total. The van der Waals surface area contributed by atoms with Crippen molar-refractivity contribution in [1.29, 1.82) is 0 Å². The first-order valence-electron chi connectivity index (χ1n) is 5.95. The fraction of sp³-hybridized carbons (Fsp3) is 0.231. The molecule has 2 rings (SSSR count). The van der Waals surface area contributed by atoms with Crippen molar-refractivity contribution in [1.82, 2.24) is 9.97 Å². The Morgan fingerprint density at radius 1 is 1.26 bits per heavy atom. The number of phenolic OH excluding ortho intramolecular Hbond substituents is 1. The van der Waals surface area contributed by atoms with Gasteiger partial charge in [0, 0.05) is 6.54 Å². The van der Waals surface area contributed by atoms with Crippen molar-refractivity contribution in [3.05, 3.63) is 40.6 Å². The minimum absolute atomic E-state index is 0.246. The van der Waals surface area contributed by atoms with Crippen LogP contribution in [0.25, 0.3) is 0 Å². The van der Waals surface area contributed by atoms with E-state index >= 15 is 0 Å². The van der Waals surface area contributed by atoms with Crippen LogP contribution in [0.3, 0.4) is 0 Å². The van der Waals surface area contributed by atoms with E-state index in [0.29, 0.717) is 22.8 Å². The zero-order chi connectivity index (χ0) is 14.3. The normalized spacial score (nSPS) is 9.42. The summed E-state index contributed by atoms with van der Waals surface area (Å²) in [6.45, 7) is 4.57. The molecule has 0 amide bonds. The number of aromatic nitrogens is 2. The molecule has 0 atom stereocenters. The van der Waals surface area contributed by atoms with E-state index in [1.165, 1.54) is 0 Å². The molecule has 0 aliphatic heterocycles. The van der Waals surface area contributed by atoms with Crippen molar-refractivity contribution in [2.24, 2.45) is 0 Å². The molecule has 0 unspecified atom stereocenters. The number of halogens is 1. The molecule has 102 valence electrons. The number of anilines is 2. The van der Waals surface area contributed by atoms with Crippen LogP contribution in [0.1, 0.15) is 19.4 Å². The highest BCUT2D eigenvalue weighted by molar-refractivity contribution is 9.10. The van der Waals surface area contributed by atoms with E-state index in [4.69, 9.17) is 10.8 Å². The molecule has 0 radical (unpaired) electrons. The molecule has 2 aromatic rings. The number of benzene rings is 1. The molecule has 1 heterocycles. The first-order valence-corrected chi connectivity index (χ1v) is 6.74. The zero-order valence-electron chi connectivity index (χ0n) is 10.9. The second kappa shape index (κ2) is 7.58. The average molecular weight is 325 g/mol. The molecule has 1 aromatic carbocycles. The molecule has 6 heteroatoms. The molecule has 0 saturated carbocycles. The van der Waals surface area contributed by atoms with E-state index in [2.05, 4.69) is 31.2 Å². The highest BCUT2D eigenvalue weighted by Gasteiger charge is 2.02. The summed E-state index contributed by atoms with van der Waals surface area (Å²) in [5, 5.41) is 12.2. The molecule has 0 saturated heterocycles. The molecule has 0 spiro atoms. The number of hydrogen-bond acceptors (Lipinski definition) is 5. The van der Waals surface area contributed by atoms with Crippen molar-refractivity contribution < 1.29 is 5.11 Å². The van der Waals surface area contributed by atoms with Crippen molar-refractivity contribution >= 4 is 27.6 Å². The Morgan fingerprint density at radius 2 is 1.89 bits per heavy atom. The molecule has 19 heavy (non-hydrogen) atoms. The minimum Gasteiger partial charge on any atom is -0.508 e. The number of rotatable bonds is 3. The summed E-state index contributed by atoms with van der Waals surface area (Å²) in [6, 6.07) is 6.91. The van der Waals surface area contributed by atoms with E-state index in [1.807, 2.05) is 26.0 Å². The number of aromatic hydroxyl groups is 1. The lowest BCUT2D eigenvalue weighted by Gasteiger charge is -2.07. The fourth-order valence-electron chi connectivity index (χ4n) is 1.31. The third kappa shape index (κ3) is 4.75. The van der Waals surface area contributed by atoms with Crippen LogP contribution < -0.4 is 11.1 Å². The van der Waals surface area contributed by atoms with Crippen molar-refractivity contribution in [3.8, 4) is 5.75 Å². The number of phenols is 1. The predicted octanol–water partition coefficient (Wildman–Crippen LogP) is 3.17. The lowest BCUT2D eigenvalue weighted by molar-refractivity contribution is 0.475. The monoisotopic (exact) mass is 324 g/mol. The molecule has 0 bridgehead atoms. The molecule has 0 fully saturated rings. The topological polar surface area (TPSA) is 84.1 Å². The van der Waals surface area contributed by atoms with E-state index in [-0.39, 0.29) is 5.75 Å². The van der Waals surface area contributed by atoms with Gasteiger partial charge in [0.2, 0.25) is 0 Å². The Morgan fingerprint density at radius 3 is 2.53 bits per heavy atom. The van der Waals surface area contributed by atoms with E-state index in [0.717, 1.165) is 5.56 Å². The van der Waals surface area contributed by atoms with E-state index in [9.17, 15) is 0 Å². The number of nitrogens with zero attached hydrogens (tertiary/aromatic N) is 2. The van der Waals surface area contributed by atoms with E-state index < -0.39 is 0 Å². The minimum atomic E-state index is 0.246. The first kappa shape index (κ1) is 15.2. The van der Waals surface area contributed by atoms with Gasteiger partial charge in [-0.2, -0.15) is 0 Å². The van der Waals surface area contributed by atoms with Gasteiger partial charge in [-0.15, -0.1) is 0 Å². The predicted molar refractivity (Wildman–Crippen MR) is 80.9 cm³/mol. The van der Waals surface area contributed by atoms with Crippen LogP contribution >= 0.6 is 15.9 Å². The Bertz CT molecular complexity index is 517. The van der Waals surface area contributed by atoms with Crippen LogP contribution in [0.4, 0.5) is 11.6 Å². The number of nitrogen functional groups attached to an aromatic ring is 1. The van der Waals surface area contributed by atoms with Gasteiger partial charge in [0.25, 0.3) is 0 Å². The summed E-state index contributed by atoms with van der Waals surface area (Å²) in [6.07, 6.45) is 1.54. The lowest BCUT2D eigenvalue weighted by Crippen LogP contribution is -2.06. The molecular formula is C13H17BrN4O. The van der Waals surface area contributed by atoms with Gasteiger partial charge in [0.1, 0.15) is 10.4 Å². The molecule has 0 aliphatic carbocycles. The van der Waals surface area contributed by atoms with Gasteiger partial charge < -0.3 is 16.2 Å². The summed E-state index contributed by atoms with van der Waals surface area (Å²) in [7, 11) is 0. The second-order valence-corrected chi connectivity index (χ2v) is 4.26. The summed E-state index contributed by atoms with van der Waals surface area (Å²) in [5.74, 6) is 1.13. The van der Waals surface area contributed by atoms with Gasteiger partial charge in [-0.1, -0.05) is 26.0 Å². The average Bonchev–Trinajstić information content (AvgIpc) is 2.44. The maximum atomic E-state index is 9.15. The van der Waals surface area contributed by atoms with Gasteiger partial charge >= 0.3 is 0 Å². The Hall–Kier alpha value is -1.82. The number of nitrogens with one attached hydrogen (secondary N) is 1. The number of hydrogen-bond donors (Lipinski definition) is 3. The molecule has 4 N–H and O–H groups in total. The third-order valence-electron chi connectivity index (χ3n) is 2.17. The molecule has 0 aliphatic rings. The quantitative estimate of drug-likeness (QED) is 0.807. The van der Waals surface area contributed by atoms with E-state index in [1.54, 1.807) is 18.3 Å². The highest BCUT2D eigenvalue weighted by atomic mass is 79.9. The maximum Gasteiger partial charge on any atom is 0.170 e. The van der Waals surface area contributed by atoms with Gasteiger partial charge in [0.05, 0.1) is 6.20 Å². The van der Waals surface area contributed by atoms with Gasteiger partial charge in [-0.05, 0) is 33.6 Å². The van der Waals surface area contributed by atoms with Crippen LogP contribution in [0.2, 0.25) is 0 Å². The standard InChI is InChI=1S/C11H11BrN4O.C2H6/c12-9-6-14-10(13)11(16-9)15-5-7-1-3-8(17)4-2-7;1-2/h1-4,6,17H,5H2,(H2,13,14)(H,15,16);1-2H3. The summed E-state index contributed by atoms with van der Waals surface area (Å²) >= 11 is 3.23. The Labute approximate surface area is 121 Å². The van der Waals surface area contributed by atoms with Crippen LogP contribution in [-0.2, 0) is 6.54 Å². The fourth-order valence-corrected chi connectivity index (χ4v) is 1.59. The smallest absolute Gasteiger partial charge is 0.170 e. The van der Waals surface area contributed by atoms with Gasteiger partial charge in [-0.25, -0.2) is 9.97 Å². The highest BCUT2D eigenvalue weighted by Crippen LogP contribution is 2.17. The summed E-state index contributed by atoms with van der Waals surface area (Å²) in [5.41, 5.74) is 6.70. The SMILES string of the molecule is CC.Nc1ncc(Br)nc1NCc1ccc(O)cc1. The van der Waals surface area contributed by atoms with Gasteiger partial charge in [0.15, 0.2) is 11.6 Å². The van der Waals surface area contributed by atoms with Crippen LogP contribution in [0.15, 0.2) is 35.1 Å². The number of nitrogens with two attached hydrogens (primary N) is 1. The summed E-state index contributed by atoms with van der Waals surface area (Å²) in [4.78, 5) is 8.14. The second-order valence-electron chi connectivity index (χ2n) is 3.45. The zero-order valence-corrected chi connectivity index (χ0v) is 12.5. The third-order valence-corrected chi connectivity index (χ3v) is 2.55.